The predicted molar refractivity (Wildman–Crippen MR) is 57.5 cm³/mol. The summed E-state index contributed by atoms with van der Waals surface area (Å²) in [6, 6.07) is 0.535. The van der Waals surface area contributed by atoms with Crippen LogP contribution in [0.2, 0.25) is 0 Å². The molecule has 0 bridgehead atoms. The molecule has 4 heteroatoms. The van der Waals surface area contributed by atoms with Crippen molar-refractivity contribution in [3.05, 3.63) is 0 Å². The Kier molecular flexibility index (Phi) is 5.05. The standard InChI is InChI=1S/C11H21NO3/c1-3-15-11(14)8-12(10-4-5-10)7-6-9(2)13/h9-10,13H,3-8H2,1-2H3. The normalized spacial score (nSPS) is 17.9. The van der Waals surface area contributed by atoms with Crippen molar-refractivity contribution in [1.82, 2.24) is 4.90 Å². The van der Waals surface area contributed by atoms with Crippen molar-refractivity contribution in [1.29, 1.82) is 0 Å². The van der Waals surface area contributed by atoms with E-state index >= 15 is 0 Å². The lowest BCUT2D eigenvalue weighted by molar-refractivity contribution is -0.144. The van der Waals surface area contributed by atoms with Gasteiger partial charge in [-0.15, -0.1) is 0 Å². The van der Waals surface area contributed by atoms with Gasteiger partial charge in [-0.2, -0.15) is 0 Å². The van der Waals surface area contributed by atoms with Gasteiger partial charge in [-0.25, -0.2) is 0 Å². The average Bonchev–Trinajstić information content (AvgIpc) is 2.95. The molecular weight excluding hydrogens is 194 g/mol. The van der Waals surface area contributed by atoms with Gasteiger partial charge in [-0.1, -0.05) is 0 Å². The second kappa shape index (κ2) is 6.08. The highest BCUT2D eigenvalue weighted by atomic mass is 16.5. The van der Waals surface area contributed by atoms with Crippen LogP contribution in [0, 0.1) is 0 Å². The first kappa shape index (κ1) is 12.5. The van der Waals surface area contributed by atoms with Gasteiger partial charge in [0.25, 0.3) is 0 Å². The highest BCUT2D eigenvalue weighted by Gasteiger charge is 2.30. The molecule has 88 valence electrons. The molecule has 15 heavy (non-hydrogen) atoms. The van der Waals surface area contributed by atoms with Crippen LogP contribution in [0.4, 0.5) is 0 Å². The molecule has 0 spiro atoms. The summed E-state index contributed by atoms with van der Waals surface area (Å²) in [5, 5.41) is 9.20. The topological polar surface area (TPSA) is 49.8 Å². The van der Waals surface area contributed by atoms with Gasteiger partial charge in [-0.3, -0.25) is 9.69 Å². The van der Waals surface area contributed by atoms with E-state index in [1.807, 2.05) is 6.92 Å². The van der Waals surface area contributed by atoms with Crippen molar-refractivity contribution in [3.8, 4) is 0 Å². The van der Waals surface area contributed by atoms with Gasteiger partial charge >= 0.3 is 5.97 Å². The number of rotatable bonds is 7. The molecule has 4 nitrogen and oxygen atoms in total. The van der Waals surface area contributed by atoms with E-state index < -0.39 is 0 Å². The van der Waals surface area contributed by atoms with Crippen molar-refractivity contribution in [2.75, 3.05) is 19.7 Å². The molecule has 1 rings (SSSR count). The Morgan fingerprint density at radius 1 is 1.60 bits per heavy atom. The maximum absolute atomic E-state index is 11.3. The van der Waals surface area contributed by atoms with Crippen LogP contribution in [0.25, 0.3) is 0 Å². The first-order chi connectivity index (χ1) is 7.13. The monoisotopic (exact) mass is 215 g/mol. The van der Waals surface area contributed by atoms with Crippen LogP contribution in [0.5, 0.6) is 0 Å². The van der Waals surface area contributed by atoms with Crippen LogP contribution in [0.1, 0.15) is 33.1 Å². The fourth-order valence-electron chi connectivity index (χ4n) is 1.56. The molecule has 1 aliphatic carbocycles. The Hall–Kier alpha value is -0.610. The fourth-order valence-corrected chi connectivity index (χ4v) is 1.56. The fraction of sp³-hybridized carbons (Fsp3) is 0.909. The molecule has 1 atom stereocenters. The van der Waals surface area contributed by atoms with E-state index in [1.165, 1.54) is 12.8 Å². The minimum Gasteiger partial charge on any atom is -0.465 e. The van der Waals surface area contributed by atoms with Gasteiger partial charge in [0.15, 0.2) is 0 Å². The zero-order valence-corrected chi connectivity index (χ0v) is 9.61. The van der Waals surface area contributed by atoms with Crippen molar-refractivity contribution in [2.45, 2.75) is 45.3 Å². The van der Waals surface area contributed by atoms with E-state index in [2.05, 4.69) is 4.90 Å². The smallest absolute Gasteiger partial charge is 0.320 e. The molecule has 0 radical (unpaired) electrons. The third-order valence-corrected chi connectivity index (χ3v) is 2.53. The Morgan fingerprint density at radius 3 is 2.73 bits per heavy atom. The molecule has 0 aromatic heterocycles. The number of carbonyl (C=O) groups excluding carboxylic acids is 1. The van der Waals surface area contributed by atoms with Crippen molar-refractivity contribution >= 4 is 5.97 Å². The first-order valence-corrected chi connectivity index (χ1v) is 5.71. The number of nitrogens with zero attached hydrogens (tertiary/aromatic N) is 1. The lowest BCUT2D eigenvalue weighted by Gasteiger charge is -2.21. The second-order valence-corrected chi connectivity index (χ2v) is 4.14. The molecule has 0 aromatic rings. The Morgan fingerprint density at radius 2 is 2.27 bits per heavy atom. The number of aliphatic hydroxyl groups is 1. The summed E-state index contributed by atoms with van der Waals surface area (Å²) < 4.78 is 4.91. The molecule has 1 unspecified atom stereocenters. The predicted octanol–water partition coefficient (Wildman–Crippen LogP) is 0.785. The maximum atomic E-state index is 11.3. The quantitative estimate of drug-likeness (QED) is 0.638. The van der Waals surface area contributed by atoms with Gasteiger partial charge < -0.3 is 9.84 Å². The van der Waals surface area contributed by atoms with Crippen LogP contribution in [0.3, 0.4) is 0 Å². The van der Waals surface area contributed by atoms with Crippen LogP contribution >= 0.6 is 0 Å². The number of aliphatic hydroxyl groups excluding tert-OH is 1. The maximum Gasteiger partial charge on any atom is 0.320 e. The Labute approximate surface area is 91.2 Å². The van der Waals surface area contributed by atoms with Crippen LogP contribution < -0.4 is 0 Å². The van der Waals surface area contributed by atoms with Crippen molar-refractivity contribution in [3.63, 3.8) is 0 Å². The zero-order valence-electron chi connectivity index (χ0n) is 9.61. The van der Waals surface area contributed by atoms with E-state index in [9.17, 15) is 9.90 Å². The molecule has 1 fully saturated rings. The van der Waals surface area contributed by atoms with Crippen LogP contribution in [-0.2, 0) is 9.53 Å². The average molecular weight is 215 g/mol. The summed E-state index contributed by atoms with van der Waals surface area (Å²) >= 11 is 0. The zero-order chi connectivity index (χ0) is 11.3. The van der Waals surface area contributed by atoms with Gasteiger partial charge in [-0.05, 0) is 33.1 Å². The van der Waals surface area contributed by atoms with Crippen LogP contribution in [0.15, 0.2) is 0 Å². The van der Waals surface area contributed by atoms with Crippen molar-refractivity contribution in [2.24, 2.45) is 0 Å². The number of esters is 1. The number of hydrogen-bond acceptors (Lipinski definition) is 4. The van der Waals surface area contributed by atoms with E-state index in [0.717, 1.165) is 13.0 Å². The number of hydrogen-bond donors (Lipinski definition) is 1. The molecule has 1 aliphatic rings. The Bertz CT molecular complexity index is 202. The molecule has 0 aromatic carbocycles. The molecule has 1 N–H and O–H groups in total. The summed E-state index contributed by atoms with van der Waals surface area (Å²) in [5.41, 5.74) is 0. The molecular formula is C11H21NO3. The molecule has 0 saturated heterocycles. The van der Waals surface area contributed by atoms with Crippen LogP contribution in [-0.4, -0.2) is 47.8 Å². The first-order valence-electron chi connectivity index (χ1n) is 5.71. The van der Waals surface area contributed by atoms with E-state index in [1.54, 1.807) is 6.92 Å². The van der Waals surface area contributed by atoms with E-state index in [4.69, 9.17) is 4.74 Å². The van der Waals surface area contributed by atoms with E-state index in [-0.39, 0.29) is 12.1 Å². The van der Waals surface area contributed by atoms with Gasteiger partial charge in [0.1, 0.15) is 0 Å². The summed E-state index contributed by atoms with van der Waals surface area (Å²) in [4.78, 5) is 13.4. The minimum atomic E-state index is -0.298. The number of carbonyl (C=O) groups is 1. The van der Waals surface area contributed by atoms with Gasteiger partial charge in [0.05, 0.1) is 19.3 Å². The van der Waals surface area contributed by atoms with Crippen molar-refractivity contribution < 1.29 is 14.6 Å². The molecule has 0 aliphatic heterocycles. The summed E-state index contributed by atoms with van der Waals surface area (Å²) in [7, 11) is 0. The summed E-state index contributed by atoms with van der Waals surface area (Å²) in [5.74, 6) is -0.157. The largest absolute Gasteiger partial charge is 0.465 e. The minimum absolute atomic E-state index is 0.157. The lowest BCUT2D eigenvalue weighted by atomic mass is 10.2. The second-order valence-electron chi connectivity index (χ2n) is 4.14. The third kappa shape index (κ3) is 5.14. The highest BCUT2D eigenvalue weighted by Crippen LogP contribution is 2.26. The molecule has 0 heterocycles. The summed E-state index contributed by atoms with van der Waals surface area (Å²) in [6.45, 7) is 5.17. The molecule has 0 amide bonds. The highest BCUT2D eigenvalue weighted by molar-refractivity contribution is 5.71. The summed E-state index contributed by atoms with van der Waals surface area (Å²) in [6.07, 6.45) is 2.75. The SMILES string of the molecule is CCOC(=O)CN(CCC(C)O)C1CC1. The lowest BCUT2D eigenvalue weighted by Crippen LogP contribution is -2.34. The third-order valence-electron chi connectivity index (χ3n) is 2.53. The van der Waals surface area contributed by atoms with Gasteiger partial charge in [0.2, 0.25) is 0 Å². The Balaban J connectivity index is 2.27. The number of ether oxygens (including phenoxy) is 1. The molecule has 1 saturated carbocycles. The van der Waals surface area contributed by atoms with E-state index in [0.29, 0.717) is 19.2 Å². The van der Waals surface area contributed by atoms with Gasteiger partial charge in [0, 0.05) is 12.6 Å².